The van der Waals surface area contributed by atoms with Crippen LogP contribution in [0.5, 0.6) is 0 Å². The van der Waals surface area contributed by atoms with Crippen LogP contribution < -0.4 is 4.57 Å². The molecule has 0 atom stereocenters. The van der Waals surface area contributed by atoms with Crippen molar-refractivity contribution in [1.82, 2.24) is 9.55 Å². The first-order valence-electron chi connectivity index (χ1n) is 12.6. The molecule has 172 valence electrons. The number of benzene rings is 4. The molecular formula is C31H28N3O+. The Balaban J connectivity index is 1.59. The summed E-state index contributed by atoms with van der Waals surface area (Å²) in [6.07, 6.45) is 4.87. The third-order valence-corrected chi connectivity index (χ3v) is 7.73. The van der Waals surface area contributed by atoms with Crippen LogP contribution in [-0.2, 0) is 7.05 Å². The fraction of sp³-hybridized carbons (Fsp3) is 0.226. The second-order valence-electron chi connectivity index (χ2n) is 9.84. The highest BCUT2D eigenvalue weighted by Crippen LogP contribution is 2.39. The molecule has 4 aromatic carbocycles. The second kappa shape index (κ2) is 7.81. The van der Waals surface area contributed by atoms with Crippen molar-refractivity contribution in [3.05, 3.63) is 90.3 Å². The SMILES string of the molecule is Cc1ccc2oc(C3CCCC3)nc2c1-c1n(-c2cccc3ccccc23)c2ccccc2[n+]1C. The molecule has 0 aliphatic heterocycles. The molecule has 1 fully saturated rings. The van der Waals surface area contributed by atoms with Gasteiger partial charge in [-0.3, -0.25) is 0 Å². The molecule has 0 unspecified atom stereocenters. The highest BCUT2D eigenvalue weighted by atomic mass is 16.3. The molecule has 1 saturated carbocycles. The average molecular weight is 459 g/mol. The van der Waals surface area contributed by atoms with Gasteiger partial charge in [-0.05, 0) is 55.0 Å². The summed E-state index contributed by atoms with van der Waals surface area (Å²) >= 11 is 0. The minimum atomic E-state index is 0.438. The highest BCUT2D eigenvalue weighted by molar-refractivity contribution is 5.96. The van der Waals surface area contributed by atoms with Crippen molar-refractivity contribution in [2.45, 2.75) is 38.5 Å². The lowest BCUT2D eigenvalue weighted by Crippen LogP contribution is -2.30. The van der Waals surface area contributed by atoms with Gasteiger partial charge < -0.3 is 4.42 Å². The van der Waals surface area contributed by atoms with Gasteiger partial charge in [0.05, 0.1) is 12.6 Å². The number of fused-ring (bicyclic) bond motifs is 3. The lowest BCUT2D eigenvalue weighted by atomic mass is 10.0. The highest BCUT2D eigenvalue weighted by Gasteiger charge is 2.31. The third-order valence-electron chi connectivity index (χ3n) is 7.73. The van der Waals surface area contributed by atoms with Crippen LogP contribution in [0.3, 0.4) is 0 Å². The van der Waals surface area contributed by atoms with Crippen LogP contribution >= 0.6 is 0 Å². The Morgan fingerprint density at radius 2 is 1.66 bits per heavy atom. The van der Waals surface area contributed by atoms with Crippen LogP contribution in [-0.4, -0.2) is 9.55 Å². The molecule has 7 rings (SSSR count). The largest absolute Gasteiger partial charge is 0.440 e. The topological polar surface area (TPSA) is 34.8 Å². The van der Waals surface area contributed by atoms with Gasteiger partial charge in [-0.25, -0.2) is 9.55 Å². The number of hydrogen-bond acceptors (Lipinski definition) is 2. The quantitative estimate of drug-likeness (QED) is 0.259. The molecular weight excluding hydrogens is 430 g/mol. The van der Waals surface area contributed by atoms with Gasteiger partial charge in [-0.15, -0.1) is 0 Å². The maximum atomic E-state index is 6.37. The molecule has 0 N–H and O–H groups in total. The molecule has 0 saturated heterocycles. The van der Waals surface area contributed by atoms with Crippen LogP contribution in [0.2, 0.25) is 0 Å². The van der Waals surface area contributed by atoms with Crippen molar-refractivity contribution in [2.75, 3.05) is 0 Å². The molecule has 6 aromatic rings. The first-order valence-corrected chi connectivity index (χ1v) is 12.6. The zero-order valence-corrected chi connectivity index (χ0v) is 20.2. The number of nitrogens with zero attached hydrogens (tertiary/aromatic N) is 3. The van der Waals surface area contributed by atoms with Crippen LogP contribution in [0.1, 0.15) is 43.1 Å². The van der Waals surface area contributed by atoms with Crippen molar-refractivity contribution in [1.29, 1.82) is 0 Å². The van der Waals surface area contributed by atoms with E-state index in [9.17, 15) is 0 Å². The van der Waals surface area contributed by atoms with E-state index in [1.54, 1.807) is 0 Å². The van der Waals surface area contributed by atoms with Gasteiger partial charge >= 0.3 is 0 Å². The monoisotopic (exact) mass is 458 g/mol. The van der Waals surface area contributed by atoms with Crippen LogP contribution in [0.4, 0.5) is 0 Å². The van der Waals surface area contributed by atoms with E-state index >= 15 is 0 Å². The van der Waals surface area contributed by atoms with E-state index in [0.29, 0.717) is 5.92 Å². The van der Waals surface area contributed by atoms with Crippen molar-refractivity contribution in [3.63, 3.8) is 0 Å². The Morgan fingerprint density at radius 3 is 2.54 bits per heavy atom. The summed E-state index contributed by atoms with van der Waals surface area (Å²) in [6, 6.07) is 28.1. The van der Waals surface area contributed by atoms with E-state index in [1.165, 1.54) is 58.7 Å². The Kier molecular flexibility index (Phi) is 4.56. The molecule has 0 bridgehead atoms. The zero-order valence-electron chi connectivity index (χ0n) is 20.2. The van der Waals surface area contributed by atoms with E-state index in [-0.39, 0.29) is 0 Å². The maximum Gasteiger partial charge on any atom is 0.297 e. The van der Waals surface area contributed by atoms with Gasteiger partial charge in [0.2, 0.25) is 0 Å². The van der Waals surface area contributed by atoms with Crippen molar-refractivity contribution in [3.8, 4) is 17.1 Å². The Bertz CT molecular complexity index is 1730. The van der Waals surface area contributed by atoms with E-state index < -0.39 is 0 Å². The summed E-state index contributed by atoms with van der Waals surface area (Å²) in [4.78, 5) is 5.15. The van der Waals surface area contributed by atoms with Gasteiger partial charge in [0.1, 0.15) is 11.2 Å². The summed E-state index contributed by atoms with van der Waals surface area (Å²) in [6.45, 7) is 2.18. The lowest BCUT2D eigenvalue weighted by Gasteiger charge is -2.09. The van der Waals surface area contributed by atoms with Gasteiger partial charge in [0, 0.05) is 11.3 Å². The average Bonchev–Trinajstić information content (AvgIpc) is 3.63. The predicted octanol–water partition coefficient (Wildman–Crippen LogP) is 7.38. The fourth-order valence-corrected chi connectivity index (χ4v) is 5.98. The number of para-hydroxylation sites is 2. The number of hydrogen-bond donors (Lipinski definition) is 0. The number of rotatable bonds is 3. The van der Waals surface area contributed by atoms with E-state index in [1.807, 2.05) is 0 Å². The number of imidazole rings is 1. The molecule has 1 aliphatic rings. The number of aryl methyl sites for hydroxylation is 2. The molecule has 1 aliphatic carbocycles. The minimum absolute atomic E-state index is 0.438. The molecule has 2 aromatic heterocycles. The summed E-state index contributed by atoms with van der Waals surface area (Å²) in [5.41, 5.74) is 7.72. The lowest BCUT2D eigenvalue weighted by molar-refractivity contribution is -0.633. The van der Waals surface area contributed by atoms with Crippen molar-refractivity contribution >= 4 is 32.9 Å². The molecule has 0 radical (unpaired) electrons. The molecule has 0 amide bonds. The first kappa shape index (κ1) is 20.5. The summed E-state index contributed by atoms with van der Waals surface area (Å²) < 4.78 is 11.1. The number of aromatic nitrogens is 3. The summed E-state index contributed by atoms with van der Waals surface area (Å²) in [7, 11) is 2.16. The fourth-order valence-electron chi connectivity index (χ4n) is 5.98. The molecule has 2 heterocycles. The Hall–Kier alpha value is -3.92. The van der Waals surface area contributed by atoms with Crippen LogP contribution in [0, 0.1) is 6.92 Å². The van der Waals surface area contributed by atoms with E-state index in [0.717, 1.165) is 28.4 Å². The van der Waals surface area contributed by atoms with E-state index in [4.69, 9.17) is 9.40 Å². The summed E-state index contributed by atoms with van der Waals surface area (Å²) in [5, 5.41) is 2.46. The first-order chi connectivity index (χ1) is 17.2. The van der Waals surface area contributed by atoms with Crippen LogP contribution in [0.25, 0.3) is 50.0 Å². The van der Waals surface area contributed by atoms with E-state index in [2.05, 4.69) is 102 Å². The zero-order chi connectivity index (χ0) is 23.5. The molecule has 4 heteroatoms. The Morgan fingerprint density at radius 1 is 0.886 bits per heavy atom. The molecule has 0 spiro atoms. The molecule has 35 heavy (non-hydrogen) atoms. The van der Waals surface area contributed by atoms with Gasteiger partial charge in [-0.1, -0.05) is 67.4 Å². The van der Waals surface area contributed by atoms with Gasteiger partial charge in [-0.2, -0.15) is 4.57 Å². The predicted molar refractivity (Wildman–Crippen MR) is 141 cm³/mol. The third kappa shape index (κ3) is 3.06. The van der Waals surface area contributed by atoms with Gasteiger partial charge in [0.25, 0.3) is 5.82 Å². The molecule has 4 nitrogen and oxygen atoms in total. The van der Waals surface area contributed by atoms with Crippen molar-refractivity contribution in [2.24, 2.45) is 7.05 Å². The normalized spacial score (nSPS) is 14.6. The van der Waals surface area contributed by atoms with Crippen LogP contribution in [0.15, 0.2) is 83.3 Å². The van der Waals surface area contributed by atoms with Crippen molar-refractivity contribution < 1.29 is 8.98 Å². The second-order valence-corrected chi connectivity index (χ2v) is 9.84. The Labute approximate surface area is 204 Å². The minimum Gasteiger partial charge on any atom is -0.440 e. The number of oxazole rings is 1. The summed E-state index contributed by atoms with van der Waals surface area (Å²) in [5.74, 6) is 2.46. The standard InChI is InChI=1S/C31H28N3O/c1-20-18-19-27-29(32-30(35-27)22-11-3-4-12-22)28(20)31-33(2)25-15-7-8-16-26(25)34(31)24-17-9-13-21-10-5-6-14-23(21)24/h5-10,13-19,22H,3-4,11-12H2,1-2H3/q+1. The van der Waals surface area contributed by atoms with Gasteiger partial charge in [0.15, 0.2) is 22.5 Å². The smallest absolute Gasteiger partial charge is 0.297 e. The maximum absolute atomic E-state index is 6.37.